The molecular formula is C18H27N3O3. The van der Waals surface area contributed by atoms with Crippen LogP contribution in [0, 0.1) is 0 Å². The number of urea groups is 1. The second kappa shape index (κ2) is 7.66. The molecule has 1 aliphatic heterocycles. The first-order chi connectivity index (χ1) is 11.3. The SMILES string of the molecule is COc1ccc(C2CCN(CC(=O)NC(=O)NC(C)(C)C)C2)cc1. The lowest BCUT2D eigenvalue weighted by atomic mass is 9.98. The first kappa shape index (κ1) is 18.3. The average molecular weight is 333 g/mol. The molecule has 1 fully saturated rings. The van der Waals surface area contributed by atoms with Gasteiger partial charge in [0.15, 0.2) is 0 Å². The first-order valence-corrected chi connectivity index (χ1v) is 8.25. The molecule has 1 aliphatic rings. The van der Waals surface area contributed by atoms with Crippen LogP contribution in [0.3, 0.4) is 0 Å². The molecule has 1 atom stereocenters. The molecule has 1 unspecified atom stereocenters. The fraction of sp³-hybridized carbons (Fsp3) is 0.556. The maximum absolute atomic E-state index is 12.0. The molecule has 2 rings (SSSR count). The molecule has 132 valence electrons. The second-order valence-electron chi connectivity index (χ2n) is 7.25. The van der Waals surface area contributed by atoms with Gasteiger partial charge in [0.1, 0.15) is 5.75 Å². The molecule has 0 saturated carbocycles. The van der Waals surface area contributed by atoms with Crippen molar-refractivity contribution in [2.45, 2.75) is 38.6 Å². The van der Waals surface area contributed by atoms with Gasteiger partial charge in [0.25, 0.3) is 0 Å². The molecule has 1 heterocycles. The number of methoxy groups -OCH3 is 1. The molecule has 3 amide bonds. The molecule has 1 aromatic rings. The normalized spacial score (nSPS) is 18.2. The zero-order chi connectivity index (χ0) is 17.7. The van der Waals surface area contributed by atoms with Gasteiger partial charge >= 0.3 is 6.03 Å². The van der Waals surface area contributed by atoms with E-state index in [0.29, 0.717) is 5.92 Å². The fourth-order valence-corrected chi connectivity index (χ4v) is 2.87. The van der Waals surface area contributed by atoms with Gasteiger partial charge in [0.05, 0.1) is 13.7 Å². The van der Waals surface area contributed by atoms with E-state index in [1.807, 2.05) is 32.9 Å². The van der Waals surface area contributed by atoms with Crippen molar-refractivity contribution < 1.29 is 14.3 Å². The highest BCUT2D eigenvalue weighted by molar-refractivity contribution is 5.95. The smallest absolute Gasteiger partial charge is 0.321 e. The Morgan fingerprint density at radius 1 is 1.25 bits per heavy atom. The second-order valence-corrected chi connectivity index (χ2v) is 7.25. The standard InChI is InChI=1S/C18H27N3O3/c1-18(2,3)20-17(23)19-16(22)12-21-10-9-14(11-21)13-5-7-15(24-4)8-6-13/h5-8,14H,9-12H2,1-4H3,(H2,19,20,22,23). The molecule has 0 aromatic heterocycles. The van der Waals surface area contributed by atoms with Crippen LogP contribution >= 0.6 is 0 Å². The summed E-state index contributed by atoms with van der Waals surface area (Å²) in [5.41, 5.74) is 0.890. The summed E-state index contributed by atoms with van der Waals surface area (Å²) in [6.07, 6.45) is 1.01. The molecule has 1 aromatic carbocycles. The Balaban J connectivity index is 1.80. The maximum atomic E-state index is 12.0. The molecule has 1 saturated heterocycles. The largest absolute Gasteiger partial charge is 0.497 e. The summed E-state index contributed by atoms with van der Waals surface area (Å²) >= 11 is 0. The quantitative estimate of drug-likeness (QED) is 0.885. The van der Waals surface area contributed by atoms with Crippen LogP contribution in [0.25, 0.3) is 0 Å². The number of likely N-dealkylation sites (tertiary alicyclic amines) is 1. The summed E-state index contributed by atoms with van der Waals surface area (Å²) in [4.78, 5) is 25.8. The third-order valence-corrected chi connectivity index (χ3v) is 3.97. The Bertz CT molecular complexity index is 578. The summed E-state index contributed by atoms with van der Waals surface area (Å²) in [6.45, 7) is 7.53. The van der Waals surface area contributed by atoms with E-state index in [0.717, 1.165) is 25.3 Å². The zero-order valence-corrected chi connectivity index (χ0v) is 14.9. The van der Waals surface area contributed by atoms with Gasteiger partial charge in [-0.05, 0) is 57.4 Å². The van der Waals surface area contributed by atoms with E-state index in [4.69, 9.17) is 4.74 Å². The minimum absolute atomic E-state index is 0.240. The Kier molecular flexibility index (Phi) is 5.83. The van der Waals surface area contributed by atoms with Crippen molar-refractivity contribution in [3.05, 3.63) is 29.8 Å². The number of carbonyl (C=O) groups excluding carboxylic acids is 2. The van der Waals surface area contributed by atoms with Crippen LogP contribution in [0.2, 0.25) is 0 Å². The minimum Gasteiger partial charge on any atom is -0.497 e. The molecule has 6 nitrogen and oxygen atoms in total. The van der Waals surface area contributed by atoms with Crippen LogP contribution in [-0.4, -0.2) is 49.1 Å². The van der Waals surface area contributed by atoms with Crippen molar-refractivity contribution in [1.29, 1.82) is 0 Å². The summed E-state index contributed by atoms with van der Waals surface area (Å²) in [5.74, 6) is 0.983. The Morgan fingerprint density at radius 2 is 1.92 bits per heavy atom. The highest BCUT2D eigenvalue weighted by Crippen LogP contribution is 2.28. The predicted molar refractivity (Wildman–Crippen MR) is 93.2 cm³/mol. The number of amides is 3. The van der Waals surface area contributed by atoms with Crippen molar-refractivity contribution in [1.82, 2.24) is 15.5 Å². The Morgan fingerprint density at radius 3 is 2.50 bits per heavy atom. The number of hydrogen-bond donors (Lipinski definition) is 2. The molecule has 0 radical (unpaired) electrons. The van der Waals surface area contributed by atoms with Crippen LogP contribution < -0.4 is 15.4 Å². The van der Waals surface area contributed by atoms with Crippen LogP contribution in [0.4, 0.5) is 4.79 Å². The van der Waals surface area contributed by atoms with Gasteiger partial charge in [0.2, 0.25) is 5.91 Å². The van der Waals surface area contributed by atoms with Gasteiger partial charge in [0, 0.05) is 12.1 Å². The first-order valence-electron chi connectivity index (χ1n) is 8.25. The monoisotopic (exact) mass is 333 g/mol. The maximum Gasteiger partial charge on any atom is 0.321 e. The lowest BCUT2D eigenvalue weighted by molar-refractivity contribution is -0.120. The van der Waals surface area contributed by atoms with Gasteiger partial charge in [-0.3, -0.25) is 15.0 Å². The molecule has 0 aliphatic carbocycles. The lowest BCUT2D eigenvalue weighted by Gasteiger charge is -2.21. The highest BCUT2D eigenvalue weighted by Gasteiger charge is 2.26. The number of benzene rings is 1. The Hall–Kier alpha value is -2.08. The minimum atomic E-state index is -0.446. The number of hydrogen-bond acceptors (Lipinski definition) is 4. The summed E-state index contributed by atoms with van der Waals surface area (Å²) in [6, 6.07) is 7.62. The van der Waals surface area contributed by atoms with E-state index in [2.05, 4.69) is 27.7 Å². The van der Waals surface area contributed by atoms with Gasteiger partial charge in [-0.2, -0.15) is 0 Å². The Labute approximate surface area is 143 Å². The van der Waals surface area contributed by atoms with E-state index in [1.165, 1.54) is 5.56 Å². The molecule has 24 heavy (non-hydrogen) atoms. The van der Waals surface area contributed by atoms with Crippen LogP contribution in [0.5, 0.6) is 5.75 Å². The molecule has 0 spiro atoms. The fourth-order valence-electron chi connectivity index (χ4n) is 2.87. The van der Waals surface area contributed by atoms with Crippen LogP contribution in [0.1, 0.15) is 38.7 Å². The van der Waals surface area contributed by atoms with E-state index in [9.17, 15) is 9.59 Å². The number of ether oxygens (including phenoxy) is 1. The highest BCUT2D eigenvalue weighted by atomic mass is 16.5. The van der Waals surface area contributed by atoms with Gasteiger partial charge in [-0.1, -0.05) is 12.1 Å². The summed E-state index contributed by atoms with van der Waals surface area (Å²) in [5, 5.41) is 5.10. The van der Waals surface area contributed by atoms with Crippen molar-refractivity contribution >= 4 is 11.9 Å². The molecule has 0 bridgehead atoms. The van der Waals surface area contributed by atoms with E-state index in [1.54, 1.807) is 7.11 Å². The number of nitrogens with zero attached hydrogens (tertiary/aromatic N) is 1. The molecular weight excluding hydrogens is 306 g/mol. The average Bonchev–Trinajstić information content (AvgIpc) is 2.93. The predicted octanol–water partition coefficient (Wildman–Crippen LogP) is 2.11. The number of imide groups is 1. The zero-order valence-electron chi connectivity index (χ0n) is 14.9. The van der Waals surface area contributed by atoms with Gasteiger partial charge in [-0.25, -0.2) is 4.79 Å². The van der Waals surface area contributed by atoms with Crippen LogP contribution in [0.15, 0.2) is 24.3 Å². The summed E-state index contributed by atoms with van der Waals surface area (Å²) < 4.78 is 5.18. The van der Waals surface area contributed by atoms with Crippen molar-refractivity contribution in [2.24, 2.45) is 0 Å². The van der Waals surface area contributed by atoms with Crippen molar-refractivity contribution in [2.75, 3.05) is 26.7 Å². The number of rotatable bonds is 4. The van der Waals surface area contributed by atoms with Crippen molar-refractivity contribution in [3.63, 3.8) is 0 Å². The third-order valence-electron chi connectivity index (χ3n) is 3.97. The van der Waals surface area contributed by atoms with Crippen molar-refractivity contribution in [3.8, 4) is 5.75 Å². The topological polar surface area (TPSA) is 70.7 Å². The molecule has 6 heteroatoms. The van der Waals surface area contributed by atoms with E-state index >= 15 is 0 Å². The van der Waals surface area contributed by atoms with E-state index < -0.39 is 6.03 Å². The van der Waals surface area contributed by atoms with Crippen LogP contribution in [-0.2, 0) is 4.79 Å². The lowest BCUT2D eigenvalue weighted by Crippen LogP contribution is -2.50. The van der Waals surface area contributed by atoms with Gasteiger partial charge < -0.3 is 10.1 Å². The third kappa shape index (κ3) is 5.53. The van der Waals surface area contributed by atoms with E-state index in [-0.39, 0.29) is 18.0 Å². The summed E-state index contributed by atoms with van der Waals surface area (Å²) in [7, 11) is 1.65. The number of nitrogens with one attached hydrogen (secondary N) is 2. The number of carbonyl (C=O) groups is 2. The van der Waals surface area contributed by atoms with Gasteiger partial charge in [-0.15, -0.1) is 0 Å². The molecule has 2 N–H and O–H groups in total.